The van der Waals surface area contributed by atoms with Crippen LogP contribution in [0, 0.1) is 0 Å². The second-order valence-corrected chi connectivity index (χ2v) is 10.2. The Morgan fingerprint density at radius 1 is 0.825 bits per heavy atom. The van der Waals surface area contributed by atoms with Crippen molar-refractivity contribution in [2.45, 2.75) is 84.1 Å². The number of Topliss-reactive ketones (excluding diaryl/α,β-unsaturated/α-hetero) is 1. The van der Waals surface area contributed by atoms with E-state index < -0.39 is 11.9 Å². The molecule has 2 N–H and O–H groups in total. The monoisotopic (exact) mass is 551 g/mol. The molecule has 0 aliphatic rings. The molecule has 2 aromatic carbocycles. The number of carbonyl (C=O) groups is 3. The van der Waals surface area contributed by atoms with Crippen molar-refractivity contribution < 1.29 is 34.1 Å². The van der Waals surface area contributed by atoms with Gasteiger partial charge >= 0.3 is 11.9 Å². The first-order chi connectivity index (χ1) is 19.4. The highest BCUT2D eigenvalue weighted by molar-refractivity contribution is 5.96. The number of aromatic carboxylic acids is 1. The van der Waals surface area contributed by atoms with Crippen molar-refractivity contribution in [1.82, 2.24) is 4.57 Å². The lowest BCUT2D eigenvalue weighted by Gasteiger charge is -2.08. The molecule has 1 heterocycles. The number of nitrogens with zero attached hydrogens (tertiary/aromatic N) is 1. The summed E-state index contributed by atoms with van der Waals surface area (Å²) in [5.41, 5.74) is 2.09. The van der Waals surface area contributed by atoms with E-state index in [-0.39, 0.29) is 30.9 Å². The largest absolute Gasteiger partial charge is 0.491 e. The Morgan fingerprint density at radius 2 is 1.55 bits per heavy atom. The van der Waals surface area contributed by atoms with Crippen LogP contribution in [0.2, 0.25) is 0 Å². The SMILES string of the molecule is CCCCCCCCc1ccc(OCC(=O)Cn2cc(OCCCCCC(=O)O)c3cc(C(=O)O)ccc32)cc1. The minimum absolute atomic E-state index is 0.0566. The molecule has 0 aliphatic carbocycles. The van der Waals surface area contributed by atoms with Crippen LogP contribution in [0.15, 0.2) is 48.7 Å². The molecule has 0 spiro atoms. The Labute approximate surface area is 235 Å². The number of aliphatic carboxylic acids is 1. The van der Waals surface area contributed by atoms with Crippen LogP contribution in [0.5, 0.6) is 11.5 Å². The van der Waals surface area contributed by atoms with Gasteiger partial charge in [-0.05, 0) is 68.0 Å². The van der Waals surface area contributed by atoms with Crippen molar-refractivity contribution in [2.24, 2.45) is 0 Å². The Morgan fingerprint density at radius 3 is 2.27 bits per heavy atom. The van der Waals surface area contributed by atoms with Crippen molar-refractivity contribution in [1.29, 1.82) is 0 Å². The van der Waals surface area contributed by atoms with E-state index in [2.05, 4.69) is 19.1 Å². The molecule has 0 atom stereocenters. The van der Waals surface area contributed by atoms with E-state index in [0.717, 1.165) is 6.42 Å². The fourth-order valence-electron chi connectivity index (χ4n) is 4.64. The zero-order chi connectivity index (χ0) is 28.7. The Balaban J connectivity index is 1.54. The molecule has 0 bridgehead atoms. The third-order valence-electron chi connectivity index (χ3n) is 6.87. The van der Waals surface area contributed by atoms with Crippen molar-refractivity contribution in [3.8, 4) is 11.5 Å². The fourth-order valence-corrected chi connectivity index (χ4v) is 4.64. The highest BCUT2D eigenvalue weighted by atomic mass is 16.5. The van der Waals surface area contributed by atoms with E-state index in [1.807, 2.05) is 12.1 Å². The molecular weight excluding hydrogens is 510 g/mol. The van der Waals surface area contributed by atoms with E-state index in [9.17, 15) is 19.5 Å². The Kier molecular flexibility index (Phi) is 12.5. The zero-order valence-electron chi connectivity index (χ0n) is 23.4. The molecule has 3 rings (SSSR count). The topological polar surface area (TPSA) is 115 Å². The van der Waals surface area contributed by atoms with Gasteiger partial charge in [-0.1, -0.05) is 51.2 Å². The number of benzene rings is 2. The maximum atomic E-state index is 12.8. The summed E-state index contributed by atoms with van der Waals surface area (Å²) in [5, 5.41) is 18.8. The number of ketones is 1. The van der Waals surface area contributed by atoms with Crippen molar-refractivity contribution >= 4 is 28.6 Å². The van der Waals surface area contributed by atoms with Gasteiger partial charge in [0.05, 0.1) is 24.2 Å². The van der Waals surface area contributed by atoms with Crippen molar-refractivity contribution in [3.63, 3.8) is 0 Å². The van der Waals surface area contributed by atoms with Gasteiger partial charge in [0, 0.05) is 18.0 Å². The van der Waals surface area contributed by atoms with E-state index in [4.69, 9.17) is 14.6 Å². The average Bonchev–Trinajstić information content (AvgIpc) is 3.28. The smallest absolute Gasteiger partial charge is 0.335 e. The number of aryl methyl sites for hydroxylation is 1. The number of fused-ring (bicyclic) bond motifs is 1. The number of hydrogen-bond acceptors (Lipinski definition) is 5. The lowest BCUT2D eigenvalue weighted by atomic mass is 10.0. The van der Waals surface area contributed by atoms with E-state index >= 15 is 0 Å². The van der Waals surface area contributed by atoms with Gasteiger partial charge in [-0.3, -0.25) is 9.59 Å². The molecule has 0 aliphatic heterocycles. The zero-order valence-corrected chi connectivity index (χ0v) is 23.4. The van der Waals surface area contributed by atoms with Crippen LogP contribution in [0.25, 0.3) is 10.9 Å². The predicted octanol–water partition coefficient (Wildman–Crippen LogP) is 6.91. The normalized spacial score (nSPS) is 11.0. The van der Waals surface area contributed by atoms with Gasteiger partial charge in [-0.15, -0.1) is 0 Å². The van der Waals surface area contributed by atoms with Crippen LogP contribution >= 0.6 is 0 Å². The first-order valence-corrected chi connectivity index (χ1v) is 14.3. The molecule has 0 fully saturated rings. The number of rotatable bonds is 20. The van der Waals surface area contributed by atoms with Gasteiger partial charge in [0.1, 0.15) is 18.1 Å². The van der Waals surface area contributed by atoms with Crippen molar-refractivity contribution in [2.75, 3.05) is 13.2 Å². The lowest BCUT2D eigenvalue weighted by molar-refractivity contribution is -0.137. The number of unbranched alkanes of at least 4 members (excludes halogenated alkanes) is 7. The van der Waals surface area contributed by atoms with Crippen LogP contribution in [0.4, 0.5) is 0 Å². The average molecular weight is 552 g/mol. The van der Waals surface area contributed by atoms with Gasteiger partial charge in [0.25, 0.3) is 0 Å². The van der Waals surface area contributed by atoms with Gasteiger partial charge in [0.15, 0.2) is 5.78 Å². The molecular formula is C32H41NO7. The standard InChI is InChI=1S/C32H41NO7/c1-2-3-4-5-6-8-11-24-13-16-27(17-14-24)40-23-26(34)21-33-22-30(39-19-10-7-9-12-31(35)36)28-20-25(32(37)38)15-18-29(28)33/h13-18,20,22H,2-12,19,21,23H2,1H3,(H,35,36)(H,37,38). The van der Waals surface area contributed by atoms with Gasteiger partial charge in [0.2, 0.25) is 0 Å². The van der Waals surface area contributed by atoms with Crippen LogP contribution in [-0.2, 0) is 22.6 Å². The molecule has 0 saturated heterocycles. The molecule has 0 unspecified atom stereocenters. The minimum atomic E-state index is -1.04. The second-order valence-electron chi connectivity index (χ2n) is 10.2. The second kappa shape index (κ2) is 16.3. The fraction of sp³-hybridized carbons (Fsp3) is 0.469. The maximum absolute atomic E-state index is 12.8. The maximum Gasteiger partial charge on any atom is 0.335 e. The van der Waals surface area contributed by atoms with Crippen LogP contribution < -0.4 is 9.47 Å². The van der Waals surface area contributed by atoms with E-state index in [0.29, 0.717) is 48.3 Å². The number of ether oxygens (including phenoxy) is 2. The molecule has 8 nitrogen and oxygen atoms in total. The van der Waals surface area contributed by atoms with Gasteiger partial charge in [-0.25, -0.2) is 4.79 Å². The molecule has 3 aromatic rings. The third kappa shape index (κ3) is 10.1. The third-order valence-corrected chi connectivity index (χ3v) is 6.87. The molecule has 0 amide bonds. The van der Waals surface area contributed by atoms with E-state index in [1.54, 1.807) is 22.9 Å². The number of hydrogen-bond donors (Lipinski definition) is 2. The molecule has 216 valence electrons. The van der Waals surface area contributed by atoms with Crippen LogP contribution in [0.1, 0.15) is 87.1 Å². The molecule has 8 heteroatoms. The Bertz CT molecular complexity index is 1250. The number of carboxylic acid groups (broad SMARTS) is 2. The summed E-state index contributed by atoms with van der Waals surface area (Å²) in [7, 11) is 0. The first-order valence-electron chi connectivity index (χ1n) is 14.3. The van der Waals surface area contributed by atoms with E-state index in [1.165, 1.54) is 50.2 Å². The van der Waals surface area contributed by atoms with Crippen LogP contribution in [-0.4, -0.2) is 45.7 Å². The summed E-state index contributed by atoms with van der Waals surface area (Å²) >= 11 is 0. The molecule has 0 radical (unpaired) electrons. The highest BCUT2D eigenvalue weighted by Crippen LogP contribution is 2.30. The molecule has 40 heavy (non-hydrogen) atoms. The molecule has 1 aromatic heterocycles. The van der Waals surface area contributed by atoms with Crippen molar-refractivity contribution in [3.05, 3.63) is 59.8 Å². The predicted molar refractivity (Wildman–Crippen MR) is 155 cm³/mol. The number of carboxylic acids is 2. The Hall–Kier alpha value is -3.81. The summed E-state index contributed by atoms with van der Waals surface area (Å²) in [4.78, 5) is 35.0. The quantitative estimate of drug-likeness (QED) is 0.147. The van der Waals surface area contributed by atoms with Gasteiger partial charge < -0.3 is 24.3 Å². The summed E-state index contributed by atoms with van der Waals surface area (Å²) in [6.45, 7) is 2.56. The highest BCUT2D eigenvalue weighted by Gasteiger charge is 2.15. The molecule has 0 saturated carbocycles. The summed E-state index contributed by atoms with van der Waals surface area (Å²) < 4.78 is 13.4. The minimum Gasteiger partial charge on any atom is -0.491 e. The summed E-state index contributed by atoms with van der Waals surface area (Å²) in [5.74, 6) is -0.854. The number of aromatic nitrogens is 1. The first kappa shape index (κ1) is 30.7. The summed E-state index contributed by atoms with van der Waals surface area (Å²) in [6, 6.07) is 12.6. The summed E-state index contributed by atoms with van der Waals surface area (Å²) in [6.07, 6.45) is 12.4. The lowest BCUT2D eigenvalue weighted by Crippen LogP contribution is -2.17. The van der Waals surface area contributed by atoms with Gasteiger partial charge in [-0.2, -0.15) is 0 Å². The van der Waals surface area contributed by atoms with Crippen LogP contribution in [0.3, 0.4) is 0 Å². The number of carbonyl (C=O) groups excluding carboxylic acids is 1.